The predicted molar refractivity (Wildman–Crippen MR) is 104 cm³/mol. The van der Waals surface area contributed by atoms with E-state index in [-0.39, 0.29) is 5.91 Å². The Morgan fingerprint density at radius 2 is 2.04 bits per heavy atom. The second-order valence-corrected chi connectivity index (χ2v) is 6.80. The number of benzene rings is 2. The molecule has 1 N–H and O–H groups in total. The van der Waals surface area contributed by atoms with Gasteiger partial charge >= 0.3 is 0 Å². The molecule has 0 saturated carbocycles. The van der Waals surface area contributed by atoms with Crippen molar-refractivity contribution in [2.24, 2.45) is 0 Å². The molecule has 0 aliphatic heterocycles. The van der Waals surface area contributed by atoms with Crippen molar-refractivity contribution >= 4 is 27.5 Å². The third-order valence-corrected chi connectivity index (χ3v) is 4.75. The first-order chi connectivity index (χ1) is 12.8. The van der Waals surface area contributed by atoms with Crippen LogP contribution in [0.1, 0.15) is 28.8 Å². The fraction of sp³-hybridized carbons (Fsp3) is 0.300. The number of fused-ring (bicyclic) bond motifs is 1. The van der Waals surface area contributed by atoms with Gasteiger partial charge in [0.05, 0.1) is 22.3 Å². The van der Waals surface area contributed by atoms with Crippen LogP contribution in [0.5, 0.6) is 5.75 Å². The fourth-order valence-corrected chi connectivity index (χ4v) is 3.28. The van der Waals surface area contributed by atoms with Crippen LogP contribution in [0.3, 0.4) is 0 Å². The van der Waals surface area contributed by atoms with E-state index in [0.29, 0.717) is 18.7 Å². The monoisotopic (exact) mass is 370 g/mol. The van der Waals surface area contributed by atoms with Crippen molar-refractivity contribution in [1.29, 1.82) is 0 Å². The van der Waals surface area contributed by atoms with Gasteiger partial charge in [-0.05, 0) is 48.7 Å². The van der Waals surface area contributed by atoms with E-state index in [1.54, 1.807) is 18.7 Å². The zero-order chi connectivity index (χ0) is 18.2. The van der Waals surface area contributed by atoms with Crippen LogP contribution in [0.2, 0.25) is 0 Å². The molecule has 1 amide bonds. The first-order valence-corrected chi connectivity index (χ1v) is 9.46. The molecule has 0 fully saturated rings. The van der Waals surface area contributed by atoms with Crippen LogP contribution in [-0.4, -0.2) is 31.2 Å². The number of nitrogens with one attached hydrogen (secondary N) is 1. The van der Waals surface area contributed by atoms with Gasteiger partial charge in [0.2, 0.25) is 0 Å². The minimum Gasteiger partial charge on any atom is -0.494 e. The number of hydrogen-bond donors (Lipinski definition) is 1. The van der Waals surface area contributed by atoms with E-state index >= 15 is 0 Å². The second-order valence-electron chi connectivity index (χ2n) is 5.91. The Balaban J connectivity index is 1.52. The Bertz CT molecular complexity index is 863. The molecule has 1 aromatic heterocycles. The van der Waals surface area contributed by atoms with Gasteiger partial charge < -0.3 is 14.8 Å². The summed E-state index contributed by atoms with van der Waals surface area (Å²) in [5, 5.41) is 2.96. The molecule has 1 heterocycles. The Hall–Kier alpha value is -2.44. The summed E-state index contributed by atoms with van der Waals surface area (Å²) in [5.41, 5.74) is 4.36. The molecular weight excluding hydrogens is 348 g/mol. The number of carbonyl (C=O) groups is 1. The standard InChI is InChI=1S/C20H22N2O3S/c1-24-9-2-3-10-25-17-6-4-5-15(11-17)13-21-20(23)16-7-8-18-19(12-16)26-14-22-18/h4-8,11-12,14H,2-3,9-10,13H2,1H3,(H,21,23). The molecule has 3 rings (SSSR count). The summed E-state index contributed by atoms with van der Waals surface area (Å²) in [6.07, 6.45) is 1.94. The van der Waals surface area contributed by atoms with E-state index < -0.39 is 0 Å². The van der Waals surface area contributed by atoms with Gasteiger partial charge in [-0.25, -0.2) is 4.98 Å². The molecule has 2 aromatic carbocycles. The van der Waals surface area contributed by atoms with E-state index in [0.717, 1.165) is 41.0 Å². The van der Waals surface area contributed by atoms with Crippen molar-refractivity contribution in [2.45, 2.75) is 19.4 Å². The third kappa shape index (κ3) is 5.03. The van der Waals surface area contributed by atoms with Crippen LogP contribution < -0.4 is 10.1 Å². The van der Waals surface area contributed by atoms with Gasteiger partial charge in [-0.1, -0.05) is 12.1 Å². The fourth-order valence-electron chi connectivity index (χ4n) is 2.56. The van der Waals surface area contributed by atoms with Crippen LogP contribution in [-0.2, 0) is 11.3 Å². The molecule has 136 valence electrons. The highest BCUT2D eigenvalue weighted by atomic mass is 32.1. The molecule has 5 nitrogen and oxygen atoms in total. The van der Waals surface area contributed by atoms with Gasteiger partial charge in [-0.2, -0.15) is 0 Å². The number of aromatic nitrogens is 1. The smallest absolute Gasteiger partial charge is 0.251 e. The number of hydrogen-bond acceptors (Lipinski definition) is 5. The highest BCUT2D eigenvalue weighted by Gasteiger charge is 2.07. The molecule has 26 heavy (non-hydrogen) atoms. The van der Waals surface area contributed by atoms with E-state index in [1.807, 2.05) is 36.4 Å². The number of carbonyl (C=O) groups excluding carboxylic acids is 1. The topological polar surface area (TPSA) is 60.5 Å². The molecule has 0 spiro atoms. The molecule has 0 aliphatic carbocycles. The lowest BCUT2D eigenvalue weighted by Crippen LogP contribution is -2.22. The van der Waals surface area contributed by atoms with Gasteiger partial charge in [-0.15, -0.1) is 11.3 Å². The van der Waals surface area contributed by atoms with E-state index in [1.165, 1.54) is 11.3 Å². The first kappa shape index (κ1) is 18.4. The first-order valence-electron chi connectivity index (χ1n) is 8.58. The number of thiazole rings is 1. The van der Waals surface area contributed by atoms with Crippen molar-refractivity contribution < 1.29 is 14.3 Å². The van der Waals surface area contributed by atoms with Crippen LogP contribution in [0.15, 0.2) is 48.0 Å². The number of nitrogens with zero attached hydrogens (tertiary/aromatic N) is 1. The number of ether oxygens (including phenoxy) is 2. The van der Waals surface area contributed by atoms with E-state index in [4.69, 9.17) is 9.47 Å². The molecule has 0 radical (unpaired) electrons. The lowest BCUT2D eigenvalue weighted by Gasteiger charge is -2.09. The molecule has 6 heteroatoms. The molecule has 0 aliphatic rings. The van der Waals surface area contributed by atoms with Gasteiger partial charge in [0.25, 0.3) is 5.91 Å². The summed E-state index contributed by atoms with van der Waals surface area (Å²) in [7, 11) is 1.70. The summed E-state index contributed by atoms with van der Waals surface area (Å²) in [5.74, 6) is 0.728. The highest BCUT2D eigenvalue weighted by Crippen LogP contribution is 2.19. The second kappa shape index (κ2) is 9.31. The quantitative estimate of drug-likeness (QED) is 0.578. The summed E-state index contributed by atoms with van der Waals surface area (Å²) in [6.45, 7) is 1.87. The minimum atomic E-state index is -0.0915. The summed E-state index contributed by atoms with van der Waals surface area (Å²) < 4.78 is 11.8. The summed E-state index contributed by atoms with van der Waals surface area (Å²) in [4.78, 5) is 16.6. The predicted octanol–water partition coefficient (Wildman–Crippen LogP) is 4.03. The molecule has 0 bridgehead atoms. The average molecular weight is 370 g/mol. The normalized spacial score (nSPS) is 10.8. The molecular formula is C20H22N2O3S. The SMILES string of the molecule is COCCCCOc1cccc(CNC(=O)c2ccc3ncsc3c2)c1. The average Bonchev–Trinajstić information content (AvgIpc) is 3.14. The van der Waals surface area contributed by atoms with Crippen molar-refractivity contribution in [3.63, 3.8) is 0 Å². The van der Waals surface area contributed by atoms with Crippen LogP contribution in [0.4, 0.5) is 0 Å². The van der Waals surface area contributed by atoms with Crippen LogP contribution in [0.25, 0.3) is 10.2 Å². The highest BCUT2D eigenvalue weighted by molar-refractivity contribution is 7.16. The number of rotatable bonds is 9. The Kier molecular flexibility index (Phi) is 6.57. The number of amides is 1. The largest absolute Gasteiger partial charge is 0.494 e. The van der Waals surface area contributed by atoms with Gasteiger partial charge in [-0.3, -0.25) is 4.79 Å². The summed E-state index contributed by atoms with van der Waals surface area (Å²) in [6, 6.07) is 13.4. The molecule has 0 atom stereocenters. The number of unbranched alkanes of at least 4 members (excludes halogenated alkanes) is 1. The maximum atomic E-state index is 12.4. The zero-order valence-electron chi connectivity index (χ0n) is 14.7. The zero-order valence-corrected chi connectivity index (χ0v) is 15.6. The van der Waals surface area contributed by atoms with Crippen molar-refractivity contribution in [3.05, 3.63) is 59.1 Å². The van der Waals surface area contributed by atoms with Gasteiger partial charge in [0.15, 0.2) is 0 Å². The Labute approximate surface area is 157 Å². The number of methoxy groups -OCH3 is 1. The maximum absolute atomic E-state index is 12.4. The van der Waals surface area contributed by atoms with Crippen molar-refractivity contribution in [3.8, 4) is 5.75 Å². The van der Waals surface area contributed by atoms with Crippen molar-refractivity contribution in [1.82, 2.24) is 10.3 Å². The van der Waals surface area contributed by atoms with Crippen LogP contribution >= 0.6 is 11.3 Å². The Morgan fingerprint density at radius 3 is 2.92 bits per heavy atom. The third-order valence-electron chi connectivity index (χ3n) is 3.96. The summed E-state index contributed by atoms with van der Waals surface area (Å²) >= 11 is 1.53. The van der Waals surface area contributed by atoms with E-state index in [2.05, 4.69) is 10.3 Å². The molecule has 3 aromatic rings. The lowest BCUT2D eigenvalue weighted by atomic mass is 10.2. The van der Waals surface area contributed by atoms with Crippen molar-refractivity contribution in [2.75, 3.05) is 20.3 Å². The van der Waals surface area contributed by atoms with Crippen LogP contribution in [0, 0.1) is 0 Å². The van der Waals surface area contributed by atoms with E-state index in [9.17, 15) is 4.79 Å². The minimum absolute atomic E-state index is 0.0915. The molecule has 0 saturated heterocycles. The van der Waals surface area contributed by atoms with Gasteiger partial charge in [0, 0.05) is 25.8 Å². The lowest BCUT2D eigenvalue weighted by molar-refractivity contribution is 0.0951. The maximum Gasteiger partial charge on any atom is 0.251 e. The van der Waals surface area contributed by atoms with Gasteiger partial charge in [0.1, 0.15) is 5.75 Å². The molecule has 0 unspecified atom stereocenters. The Morgan fingerprint density at radius 1 is 1.15 bits per heavy atom.